The molecule has 0 saturated carbocycles. The first-order chi connectivity index (χ1) is 12.3. The lowest BCUT2D eigenvalue weighted by atomic mass is 10.1. The van der Waals surface area contributed by atoms with Gasteiger partial charge in [-0.15, -0.1) is 0 Å². The van der Waals surface area contributed by atoms with E-state index < -0.39 is 22.9 Å². The molecular weight excluding hydrogens is 340 g/mol. The van der Waals surface area contributed by atoms with E-state index in [1.165, 1.54) is 38.1 Å². The molecule has 0 fully saturated rings. The zero-order valence-corrected chi connectivity index (χ0v) is 14.1. The van der Waals surface area contributed by atoms with E-state index in [-0.39, 0.29) is 17.0 Å². The van der Waals surface area contributed by atoms with Crippen LogP contribution in [0.4, 0.5) is 11.4 Å². The largest absolute Gasteiger partial charge is 0.449 e. The van der Waals surface area contributed by atoms with Gasteiger partial charge in [0.2, 0.25) is 0 Å². The first-order valence-corrected chi connectivity index (χ1v) is 7.66. The normalized spacial score (nSPS) is 11.3. The molecule has 134 valence electrons. The SMILES string of the molecule is CC(=O)c1ccccc1NC(=O)[C@@H](C)OC(=O)c1ccc([N+](=O)[O-])cc1. The average Bonchev–Trinajstić information content (AvgIpc) is 2.61. The predicted molar refractivity (Wildman–Crippen MR) is 93.1 cm³/mol. The number of esters is 1. The van der Waals surface area contributed by atoms with Crippen LogP contribution >= 0.6 is 0 Å². The van der Waals surface area contributed by atoms with Gasteiger partial charge in [-0.3, -0.25) is 19.7 Å². The summed E-state index contributed by atoms with van der Waals surface area (Å²) in [5, 5.41) is 13.2. The molecule has 0 radical (unpaired) electrons. The lowest BCUT2D eigenvalue weighted by molar-refractivity contribution is -0.384. The molecule has 0 saturated heterocycles. The molecule has 8 nitrogen and oxygen atoms in total. The molecule has 2 aromatic carbocycles. The van der Waals surface area contributed by atoms with E-state index in [0.29, 0.717) is 11.3 Å². The van der Waals surface area contributed by atoms with E-state index in [9.17, 15) is 24.5 Å². The Hall–Kier alpha value is -3.55. The van der Waals surface area contributed by atoms with Gasteiger partial charge in [0.1, 0.15) is 0 Å². The van der Waals surface area contributed by atoms with Crippen LogP contribution in [0.5, 0.6) is 0 Å². The smallest absolute Gasteiger partial charge is 0.338 e. The number of carbonyl (C=O) groups is 3. The first-order valence-electron chi connectivity index (χ1n) is 7.66. The fourth-order valence-electron chi connectivity index (χ4n) is 2.13. The number of rotatable bonds is 6. The van der Waals surface area contributed by atoms with E-state index in [1.807, 2.05) is 0 Å². The summed E-state index contributed by atoms with van der Waals surface area (Å²) >= 11 is 0. The summed E-state index contributed by atoms with van der Waals surface area (Å²) in [6, 6.07) is 11.3. The molecule has 1 N–H and O–H groups in total. The van der Waals surface area contributed by atoms with Crippen LogP contribution in [0.1, 0.15) is 34.6 Å². The van der Waals surface area contributed by atoms with Crippen LogP contribution in [0, 0.1) is 10.1 Å². The molecule has 0 unspecified atom stereocenters. The molecule has 0 spiro atoms. The minimum absolute atomic E-state index is 0.0828. The number of nitrogens with zero attached hydrogens (tertiary/aromatic N) is 1. The van der Waals surface area contributed by atoms with Gasteiger partial charge in [-0.1, -0.05) is 12.1 Å². The van der Waals surface area contributed by atoms with Crippen molar-refractivity contribution in [3.63, 3.8) is 0 Å². The average molecular weight is 356 g/mol. The number of nitro groups is 1. The Kier molecular flexibility index (Phi) is 5.79. The number of amides is 1. The molecule has 26 heavy (non-hydrogen) atoms. The fourth-order valence-corrected chi connectivity index (χ4v) is 2.13. The predicted octanol–water partition coefficient (Wildman–Crippen LogP) is 2.98. The molecule has 1 atom stereocenters. The van der Waals surface area contributed by atoms with Crippen molar-refractivity contribution in [2.75, 3.05) is 5.32 Å². The van der Waals surface area contributed by atoms with E-state index in [1.54, 1.807) is 24.3 Å². The van der Waals surface area contributed by atoms with Gasteiger partial charge in [-0.05, 0) is 38.1 Å². The van der Waals surface area contributed by atoms with E-state index in [2.05, 4.69) is 5.32 Å². The summed E-state index contributed by atoms with van der Waals surface area (Å²) in [5.74, 6) is -1.60. The quantitative estimate of drug-likeness (QED) is 0.368. The zero-order valence-electron chi connectivity index (χ0n) is 14.1. The lowest BCUT2D eigenvalue weighted by Crippen LogP contribution is -2.30. The van der Waals surface area contributed by atoms with Gasteiger partial charge in [0.05, 0.1) is 16.2 Å². The number of Topliss-reactive ketones (excluding diaryl/α,β-unsaturated/α-hetero) is 1. The van der Waals surface area contributed by atoms with Crippen LogP contribution in [0.2, 0.25) is 0 Å². The molecular formula is C18H16N2O6. The molecule has 0 heterocycles. The first kappa shape index (κ1) is 18.8. The minimum Gasteiger partial charge on any atom is -0.449 e. The van der Waals surface area contributed by atoms with Gasteiger partial charge in [-0.25, -0.2) is 4.79 Å². The van der Waals surface area contributed by atoms with Crippen molar-refractivity contribution in [2.24, 2.45) is 0 Å². The van der Waals surface area contributed by atoms with Crippen LogP contribution < -0.4 is 5.32 Å². The second-order valence-electron chi connectivity index (χ2n) is 5.44. The summed E-state index contributed by atoms with van der Waals surface area (Å²) in [7, 11) is 0. The Morgan fingerprint density at radius 1 is 1.08 bits per heavy atom. The minimum atomic E-state index is -1.13. The number of ether oxygens (including phenoxy) is 1. The zero-order chi connectivity index (χ0) is 19.3. The van der Waals surface area contributed by atoms with Gasteiger partial charge >= 0.3 is 5.97 Å². The van der Waals surface area contributed by atoms with E-state index in [4.69, 9.17) is 4.74 Å². The summed E-state index contributed by atoms with van der Waals surface area (Å²) in [6.45, 7) is 2.76. The third kappa shape index (κ3) is 4.50. The fraction of sp³-hybridized carbons (Fsp3) is 0.167. The Balaban J connectivity index is 2.04. The number of para-hydroxylation sites is 1. The van der Waals surface area contributed by atoms with Crippen molar-refractivity contribution in [3.05, 3.63) is 69.8 Å². The van der Waals surface area contributed by atoms with Crippen LogP contribution in [-0.2, 0) is 9.53 Å². The maximum atomic E-state index is 12.2. The van der Waals surface area contributed by atoms with Gasteiger partial charge in [0.15, 0.2) is 11.9 Å². The number of hydrogen-bond acceptors (Lipinski definition) is 6. The van der Waals surface area contributed by atoms with Crippen molar-refractivity contribution < 1.29 is 24.0 Å². The van der Waals surface area contributed by atoms with Crippen molar-refractivity contribution in [2.45, 2.75) is 20.0 Å². The number of nitrogens with one attached hydrogen (secondary N) is 1. The Morgan fingerprint density at radius 3 is 2.27 bits per heavy atom. The van der Waals surface area contributed by atoms with Crippen molar-refractivity contribution in [3.8, 4) is 0 Å². The summed E-state index contributed by atoms with van der Waals surface area (Å²) in [5.41, 5.74) is 0.588. The number of ketones is 1. The molecule has 0 aromatic heterocycles. The standard InChI is InChI=1S/C18H16N2O6/c1-11(21)15-5-3-4-6-16(15)19-17(22)12(2)26-18(23)13-7-9-14(10-8-13)20(24)25/h3-10,12H,1-2H3,(H,19,22)/t12-/m1/s1. The number of non-ortho nitro benzene ring substituents is 1. The highest BCUT2D eigenvalue weighted by Crippen LogP contribution is 2.17. The molecule has 0 bridgehead atoms. The van der Waals surface area contributed by atoms with E-state index in [0.717, 1.165) is 0 Å². The molecule has 2 aromatic rings. The summed E-state index contributed by atoms with van der Waals surface area (Å²) in [4.78, 5) is 45.8. The maximum absolute atomic E-state index is 12.2. The lowest BCUT2D eigenvalue weighted by Gasteiger charge is -2.15. The number of nitro benzene ring substituents is 1. The third-order valence-corrected chi connectivity index (χ3v) is 3.53. The highest BCUT2D eigenvalue weighted by Gasteiger charge is 2.21. The second-order valence-corrected chi connectivity index (χ2v) is 5.44. The number of carbonyl (C=O) groups excluding carboxylic acids is 3. The Labute approximate surface area is 148 Å². The number of anilines is 1. The van der Waals surface area contributed by atoms with E-state index >= 15 is 0 Å². The highest BCUT2D eigenvalue weighted by molar-refractivity contribution is 6.05. The third-order valence-electron chi connectivity index (χ3n) is 3.53. The van der Waals surface area contributed by atoms with Crippen LogP contribution in [0.25, 0.3) is 0 Å². The van der Waals surface area contributed by atoms with Gasteiger partial charge in [0.25, 0.3) is 11.6 Å². The Morgan fingerprint density at radius 2 is 1.69 bits per heavy atom. The van der Waals surface area contributed by atoms with Crippen LogP contribution in [-0.4, -0.2) is 28.7 Å². The monoisotopic (exact) mass is 356 g/mol. The molecule has 1 amide bonds. The van der Waals surface area contributed by atoms with Crippen LogP contribution in [0.3, 0.4) is 0 Å². The maximum Gasteiger partial charge on any atom is 0.338 e. The van der Waals surface area contributed by atoms with Crippen molar-refractivity contribution in [1.29, 1.82) is 0 Å². The molecule has 0 aliphatic rings. The van der Waals surface area contributed by atoms with Gasteiger partial charge in [0, 0.05) is 17.7 Å². The summed E-state index contributed by atoms with van der Waals surface area (Å²) < 4.78 is 5.07. The highest BCUT2D eigenvalue weighted by atomic mass is 16.6. The summed E-state index contributed by atoms with van der Waals surface area (Å²) in [6.07, 6.45) is -1.13. The van der Waals surface area contributed by atoms with Crippen LogP contribution in [0.15, 0.2) is 48.5 Å². The number of hydrogen-bond donors (Lipinski definition) is 1. The van der Waals surface area contributed by atoms with Crippen molar-refractivity contribution >= 4 is 29.0 Å². The molecule has 0 aliphatic carbocycles. The molecule has 0 aliphatic heterocycles. The second kappa shape index (κ2) is 8.02. The molecule has 8 heteroatoms. The topological polar surface area (TPSA) is 116 Å². The van der Waals surface area contributed by atoms with Gasteiger partial charge in [-0.2, -0.15) is 0 Å². The number of benzene rings is 2. The molecule has 2 rings (SSSR count). The van der Waals surface area contributed by atoms with Crippen molar-refractivity contribution in [1.82, 2.24) is 0 Å². The Bertz CT molecular complexity index is 860. The van der Waals surface area contributed by atoms with Gasteiger partial charge < -0.3 is 10.1 Å².